The first kappa shape index (κ1) is 18.3. The number of aromatic nitrogens is 3. The van der Waals surface area contributed by atoms with Crippen molar-refractivity contribution in [2.75, 3.05) is 32.1 Å². The van der Waals surface area contributed by atoms with Gasteiger partial charge in [0.05, 0.1) is 6.54 Å². The van der Waals surface area contributed by atoms with Crippen LogP contribution in [0.4, 0.5) is 5.82 Å². The molecule has 0 aliphatic carbocycles. The molecule has 0 aromatic carbocycles. The van der Waals surface area contributed by atoms with Gasteiger partial charge in [0.1, 0.15) is 17.3 Å². The molecular formula is C18H26N6O2. The molecule has 0 radical (unpaired) electrons. The molecule has 1 fully saturated rings. The normalized spacial score (nSPS) is 17.2. The van der Waals surface area contributed by atoms with Gasteiger partial charge in [-0.3, -0.25) is 4.79 Å². The molecule has 1 atom stereocenters. The molecule has 1 aliphatic rings. The molecule has 140 valence electrons. The summed E-state index contributed by atoms with van der Waals surface area (Å²) in [5.74, 6) is 1.43. The first-order valence-electron chi connectivity index (χ1n) is 8.80. The van der Waals surface area contributed by atoms with E-state index in [1.54, 1.807) is 0 Å². The Labute approximate surface area is 153 Å². The first-order chi connectivity index (χ1) is 12.4. The largest absolute Gasteiger partial charge is 0.448 e. The molecule has 1 aliphatic heterocycles. The van der Waals surface area contributed by atoms with Crippen molar-refractivity contribution in [1.29, 1.82) is 0 Å². The number of rotatable bonds is 5. The van der Waals surface area contributed by atoms with Gasteiger partial charge in [-0.2, -0.15) is 0 Å². The Balaban J connectivity index is 1.77. The average Bonchev–Trinajstić information content (AvgIpc) is 3.24. The van der Waals surface area contributed by atoms with Gasteiger partial charge in [0.15, 0.2) is 6.39 Å². The predicted molar refractivity (Wildman–Crippen MR) is 98.2 cm³/mol. The fraction of sp³-hybridized carbons (Fsp3) is 0.556. The zero-order valence-electron chi connectivity index (χ0n) is 16.0. The lowest BCUT2D eigenvalue weighted by Crippen LogP contribution is -2.33. The summed E-state index contributed by atoms with van der Waals surface area (Å²) >= 11 is 0. The highest BCUT2D eigenvalue weighted by molar-refractivity contribution is 5.91. The van der Waals surface area contributed by atoms with Gasteiger partial charge in [0, 0.05) is 30.4 Å². The van der Waals surface area contributed by atoms with E-state index in [1.165, 1.54) is 6.39 Å². The SMILES string of the molecule is Cc1nc(C(=O)NCc2ncoc2C)nc(N2CC[C@@H](N(C)C)C2)c1C. The van der Waals surface area contributed by atoms with E-state index in [0.717, 1.165) is 36.6 Å². The molecule has 1 amide bonds. The summed E-state index contributed by atoms with van der Waals surface area (Å²) in [5.41, 5.74) is 2.55. The second-order valence-electron chi connectivity index (χ2n) is 6.97. The average molecular weight is 358 g/mol. The van der Waals surface area contributed by atoms with Crippen LogP contribution in [0.5, 0.6) is 0 Å². The minimum atomic E-state index is -0.305. The Morgan fingerprint density at radius 2 is 2.12 bits per heavy atom. The van der Waals surface area contributed by atoms with Crippen molar-refractivity contribution in [2.24, 2.45) is 0 Å². The van der Waals surface area contributed by atoms with E-state index in [4.69, 9.17) is 4.42 Å². The smallest absolute Gasteiger partial charge is 0.289 e. The van der Waals surface area contributed by atoms with E-state index in [9.17, 15) is 4.79 Å². The van der Waals surface area contributed by atoms with E-state index >= 15 is 0 Å². The van der Waals surface area contributed by atoms with Crippen LogP contribution in [0.2, 0.25) is 0 Å². The topological polar surface area (TPSA) is 87.4 Å². The fourth-order valence-electron chi connectivity index (χ4n) is 3.12. The lowest BCUT2D eigenvalue weighted by Gasteiger charge is -2.23. The van der Waals surface area contributed by atoms with Gasteiger partial charge in [-0.1, -0.05) is 0 Å². The molecule has 26 heavy (non-hydrogen) atoms. The predicted octanol–water partition coefficient (Wildman–Crippen LogP) is 1.46. The molecule has 8 nitrogen and oxygen atoms in total. The number of amides is 1. The summed E-state index contributed by atoms with van der Waals surface area (Å²) in [5, 5.41) is 2.82. The van der Waals surface area contributed by atoms with Gasteiger partial charge < -0.3 is 19.5 Å². The van der Waals surface area contributed by atoms with Crippen LogP contribution in [0.15, 0.2) is 10.8 Å². The third kappa shape index (κ3) is 3.70. The molecule has 2 aromatic heterocycles. The van der Waals surface area contributed by atoms with Crippen molar-refractivity contribution in [3.8, 4) is 0 Å². The Hall–Kier alpha value is -2.48. The lowest BCUT2D eigenvalue weighted by atomic mass is 10.2. The van der Waals surface area contributed by atoms with Crippen molar-refractivity contribution in [1.82, 2.24) is 25.2 Å². The maximum Gasteiger partial charge on any atom is 0.289 e. The number of anilines is 1. The fourth-order valence-corrected chi connectivity index (χ4v) is 3.12. The molecule has 3 rings (SSSR count). The highest BCUT2D eigenvalue weighted by Crippen LogP contribution is 2.25. The Kier molecular flexibility index (Phi) is 5.22. The van der Waals surface area contributed by atoms with E-state index in [2.05, 4.69) is 44.2 Å². The van der Waals surface area contributed by atoms with Gasteiger partial charge in [0.2, 0.25) is 5.82 Å². The highest BCUT2D eigenvalue weighted by Gasteiger charge is 2.27. The standard InChI is InChI=1S/C18H26N6O2/c1-11-12(2)21-16(18(25)19-8-15-13(3)26-10-20-15)22-17(11)24-7-6-14(9-24)23(4)5/h10,14H,6-9H2,1-5H3,(H,19,25)/t14-/m1/s1. The maximum atomic E-state index is 12.5. The van der Waals surface area contributed by atoms with Gasteiger partial charge in [-0.05, 0) is 41.3 Å². The monoisotopic (exact) mass is 358 g/mol. The van der Waals surface area contributed by atoms with Crippen LogP contribution in [0.1, 0.15) is 39.8 Å². The van der Waals surface area contributed by atoms with Gasteiger partial charge in [0.25, 0.3) is 5.91 Å². The van der Waals surface area contributed by atoms with Crippen LogP contribution in [0.25, 0.3) is 0 Å². The van der Waals surface area contributed by atoms with Crippen molar-refractivity contribution >= 4 is 11.7 Å². The number of nitrogens with one attached hydrogen (secondary N) is 1. The zero-order chi connectivity index (χ0) is 18.8. The molecule has 0 unspecified atom stereocenters. The third-order valence-corrected chi connectivity index (χ3v) is 5.02. The Bertz CT molecular complexity index is 801. The Morgan fingerprint density at radius 1 is 1.35 bits per heavy atom. The molecular weight excluding hydrogens is 332 g/mol. The summed E-state index contributed by atoms with van der Waals surface area (Å²) in [4.78, 5) is 30.0. The van der Waals surface area contributed by atoms with E-state index in [-0.39, 0.29) is 11.7 Å². The molecule has 3 heterocycles. The van der Waals surface area contributed by atoms with Gasteiger partial charge >= 0.3 is 0 Å². The van der Waals surface area contributed by atoms with Crippen LogP contribution in [0, 0.1) is 20.8 Å². The van der Waals surface area contributed by atoms with Crippen LogP contribution in [-0.2, 0) is 6.54 Å². The number of likely N-dealkylation sites (N-methyl/N-ethyl adjacent to an activating group) is 1. The van der Waals surface area contributed by atoms with E-state index in [0.29, 0.717) is 24.0 Å². The number of aryl methyl sites for hydroxylation is 2. The summed E-state index contributed by atoms with van der Waals surface area (Å²) in [7, 11) is 4.19. The van der Waals surface area contributed by atoms with Crippen LogP contribution in [0.3, 0.4) is 0 Å². The van der Waals surface area contributed by atoms with Crippen molar-refractivity contribution < 1.29 is 9.21 Å². The third-order valence-electron chi connectivity index (χ3n) is 5.02. The maximum absolute atomic E-state index is 12.5. The second kappa shape index (κ2) is 7.41. The molecule has 1 saturated heterocycles. The van der Waals surface area contributed by atoms with Crippen molar-refractivity contribution in [3.63, 3.8) is 0 Å². The Morgan fingerprint density at radius 3 is 2.73 bits per heavy atom. The molecule has 0 bridgehead atoms. The van der Waals surface area contributed by atoms with E-state index < -0.39 is 0 Å². The molecule has 0 saturated carbocycles. The van der Waals surface area contributed by atoms with Gasteiger partial charge in [-0.25, -0.2) is 15.0 Å². The second-order valence-corrected chi connectivity index (χ2v) is 6.97. The first-order valence-corrected chi connectivity index (χ1v) is 8.80. The summed E-state index contributed by atoms with van der Waals surface area (Å²) < 4.78 is 5.15. The number of carbonyl (C=O) groups excluding carboxylic acids is 1. The zero-order valence-corrected chi connectivity index (χ0v) is 16.0. The highest BCUT2D eigenvalue weighted by atomic mass is 16.3. The lowest BCUT2D eigenvalue weighted by molar-refractivity contribution is 0.0939. The van der Waals surface area contributed by atoms with Crippen LogP contribution in [-0.4, -0.2) is 59.0 Å². The molecule has 0 spiro atoms. The number of hydrogen-bond acceptors (Lipinski definition) is 7. The summed E-state index contributed by atoms with van der Waals surface area (Å²) in [6.07, 6.45) is 2.46. The van der Waals surface area contributed by atoms with E-state index in [1.807, 2.05) is 20.8 Å². The minimum absolute atomic E-state index is 0.192. The summed E-state index contributed by atoms with van der Waals surface area (Å²) in [6, 6.07) is 0.497. The van der Waals surface area contributed by atoms with Crippen molar-refractivity contribution in [3.05, 3.63) is 34.9 Å². The minimum Gasteiger partial charge on any atom is -0.448 e. The van der Waals surface area contributed by atoms with Gasteiger partial charge in [-0.15, -0.1) is 0 Å². The number of nitrogens with zero attached hydrogens (tertiary/aromatic N) is 5. The quantitative estimate of drug-likeness (QED) is 0.866. The molecule has 8 heteroatoms. The number of oxazole rings is 1. The van der Waals surface area contributed by atoms with Crippen molar-refractivity contribution in [2.45, 2.75) is 39.8 Å². The molecule has 1 N–H and O–H groups in total. The number of carbonyl (C=O) groups is 1. The van der Waals surface area contributed by atoms with Crippen LogP contribution >= 0.6 is 0 Å². The van der Waals surface area contributed by atoms with Crippen LogP contribution < -0.4 is 10.2 Å². The number of hydrogen-bond donors (Lipinski definition) is 1. The molecule has 2 aromatic rings. The summed E-state index contributed by atoms with van der Waals surface area (Å²) in [6.45, 7) is 7.86.